The van der Waals surface area contributed by atoms with E-state index >= 15 is 0 Å². The summed E-state index contributed by atoms with van der Waals surface area (Å²) >= 11 is 0. The van der Waals surface area contributed by atoms with Gasteiger partial charge in [-0.25, -0.2) is 4.79 Å². The molecule has 184 valence electrons. The van der Waals surface area contributed by atoms with E-state index in [9.17, 15) is 24.6 Å². The second-order valence-electron chi connectivity index (χ2n) is 8.72. The van der Waals surface area contributed by atoms with Crippen molar-refractivity contribution in [2.24, 2.45) is 0 Å². The Morgan fingerprint density at radius 3 is 2.17 bits per heavy atom. The van der Waals surface area contributed by atoms with Crippen LogP contribution in [-0.4, -0.2) is 39.7 Å². The Labute approximate surface area is 205 Å². The van der Waals surface area contributed by atoms with Crippen molar-refractivity contribution in [3.63, 3.8) is 0 Å². The lowest BCUT2D eigenvalue weighted by Crippen LogP contribution is -2.33. The number of carboxylic acid groups (broad SMARTS) is 1. The average Bonchev–Trinajstić information content (AvgIpc) is 3.13. The SMILES string of the molecule is O=C(O)CCCCCNC(=O)c1cccc2c1C(=O)OC21c2ccc(O)cc2Oc2cc(O)ccc21. The van der Waals surface area contributed by atoms with Crippen LogP contribution in [0.3, 0.4) is 0 Å². The standard InChI is InChI=1S/C27H23NO8/c29-15-8-10-18-21(13-15)35-22-14-16(30)9-11-19(22)27(18)20-6-4-5-17(24(20)26(34)36-27)25(33)28-12-3-1-2-7-23(31)32/h4-6,8-11,13-14,29-30H,1-3,7,12H2,(H,28,33)(H,31,32). The molecule has 0 saturated carbocycles. The Kier molecular flexibility index (Phi) is 5.75. The van der Waals surface area contributed by atoms with E-state index in [4.69, 9.17) is 14.6 Å². The van der Waals surface area contributed by atoms with Gasteiger partial charge in [-0.05, 0) is 43.2 Å². The molecule has 4 N–H and O–H groups in total. The van der Waals surface area contributed by atoms with Crippen LogP contribution >= 0.6 is 0 Å². The summed E-state index contributed by atoms with van der Waals surface area (Å²) in [5, 5.41) is 31.6. The summed E-state index contributed by atoms with van der Waals surface area (Å²) in [5.74, 6) is -1.56. The summed E-state index contributed by atoms with van der Waals surface area (Å²) in [6.07, 6.45) is 1.86. The van der Waals surface area contributed by atoms with Crippen molar-refractivity contribution >= 4 is 17.8 Å². The van der Waals surface area contributed by atoms with Crippen LogP contribution in [0.5, 0.6) is 23.0 Å². The van der Waals surface area contributed by atoms with Gasteiger partial charge in [0.1, 0.15) is 23.0 Å². The van der Waals surface area contributed by atoms with Crippen LogP contribution in [0, 0.1) is 0 Å². The highest BCUT2D eigenvalue weighted by molar-refractivity contribution is 6.08. The topological polar surface area (TPSA) is 142 Å². The first-order valence-corrected chi connectivity index (χ1v) is 11.5. The van der Waals surface area contributed by atoms with Gasteiger partial charge < -0.3 is 30.1 Å². The first kappa shape index (κ1) is 23.2. The van der Waals surface area contributed by atoms with Crippen molar-refractivity contribution < 1.29 is 39.2 Å². The van der Waals surface area contributed by atoms with Gasteiger partial charge in [-0.15, -0.1) is 0 Å². The summed E-state index contributed by atoms with van der Waals surface area (Å²) in [6, 6.07) is 13.9. The fourth-order valence-electron chi connectivity index (χ4n) is 4.81. The van der Waals surface area contributed by atoms with Crippen molar-refractivity contribution in [2.45, 2.75) is 31.3 Å². The Bertz CT molecular complexity index is 1350. The molecule has 0 aromatic heterocycles. The molecule has 0 radical (unpaired) electrons. The molecule has 3 aromatic rings. The van der Waals surface area contributed by atoms with E-state index in [1.165, 1.54) is 24.3 Å². The van der Waals surface area contributed by atoms with Gasteiger partial charge in [0.25, 0.3) is 5.91 Å². The molecule has 3 aromatic carbocycles. The predicted octanol–water partition coefficient (Wildman–Crippen LogP) is 4.04. The quantitative estimate of drug-likeness (QED) is 0.288. The Morgan fingerprint density at radius 2 is 1.53 bits per heavy atom. The number of unbranched alkanes of at least 4 members (excludes halogenated alkanes) is 2. The molecule has 0 saturated heterocycles. The third-order valence-electron chi connectivity index (χ3n) is 6.40. The molecular formula is C27H23NO8. The molecule has 0 unspecified atom stereocenters. The number of ether oxygens (including phenoxy) is 2. The minimum atomic E-state index is -1.44. The smallest absolute Gasteiger partial charge is 0.340 e. The van der Waals surface area contributed by atoms with Gasteiger partial charge in [-0.3, -0.25) is 9.59 Å². The van der Waals surface area contributed by atoms with Crippen LogP contribution in [0.25, 0.3) is 0 Å². The fourth-order valence-corrected chi connectivity index (χ4v) is 4.81. The van der Waals surface area contributed by atoms with Crippen molar-refractivity contribution in [1.82, 2.24) is 5.32 Å². The third kappa shape index (κ3) is 3.78. The van der Waals surface area contributed by atoms with E-state index in [0.717, 1.165) is 0 Å². The van der Waals surface area contributed by atoms with Crippen molar-refractivity contribution in [3.05, 3.63) is 82.4 Å². The zero-order chi connectivity index (χ0) is 25.4. The molecule has 2 aliphatic heterocycles. The number of carbonyl (C=O) groups is 3. The first-order valence-electron chi connectivity index (χ1n) is 11.5. The van der Waals surface area contributed by atoms with Gasteiger partial charge >= 0.3 is 11.9 Å². The number of rotatable bonds is 7. The molecule has 0 bridgehead atoms. The monoisotopic (exact) mass is 489 g/mol. The lowest BCUT2D eigenvalue weighted by atomic mass is 9.77. The largest absolute Gasteiger partial charge is 0.508 e. The Balaban J connectivity index is 1.53. The zero-order valence-electron chi connectivity index (χ0n) is 19.1. The lowest BCUT2D eigenvalue weighted by molar-refractivity contribution is -0.137. The number of carbonyl (C=O) groups excluding carboxylic acids is 2. The van der Waals surface area contributed by atoms with E-state index in [-0.39, 0.29) is 40.5 Å². The number of esters is 1. The molecule has 36 heavy (non-hydrogen) atoms. The number of hydrogen-bond donors (Lipinski definition) is 4. The number of hydrogen-bond acceptors (Lipinski definition) is 7. The minimum Gasteiger partial charge on any atom is -0.508 e. The molecule has 1 amide bonds. The predicted molar refractivity (Wildman–Crippen MR) is 126 cm³/mol. The van der Waals surface area contributed by atoms with Crippen LogP contribution in [0.15, 0.2) is 54.6 Å². The minimum absolute atomic E-state index is 0.0477. The highest BCUT2D eigenvalue weighted by Gasteiger charge is 2.54. The number of amides is 1. The molecule has 0 fully saturated rings. The molecule has 1 spiro atoms. The van der Waals surface area contributed by atoms with Crippen LogP contribution in [0.4, 0.5) is 0 Å². The van der Waals surface area contributed by atoms with Crippen LogP contribution in [0.1, 0.15) is 63.1 Å². The van der Waals surface area contributed by atoms with E-state index in [1.807, 2.05) is 0 Å². The van der Waals surface area contributed by atoms with E-state index in [1.54, 1.807) is 30.3 Å². The highest BCUT2D eigenvalue weighted by atomic mass is 16.6. The fraction of sp³-hybridized carbons (Fsp3) is 0.222. The number of fused-ring (bicyclic) bond motifs is 6. The maximum Gasteiger partial charge on any atom is 0.340 e. The zero-order valence-corrected chi connectivity index (χ0v) is 19.1. The van der Waals surface area contributed by atoms with E-state index in [0.29, 0.717) is 42.5 Å². The van der Waals surface area contributed by atoms with Crippen molar-refractivity contribution in [1.29, 1.82) is 0 Å². The van der Waals surface area contributed by atoms with Crippen LogP contribution in [0.2, 0.25) is 0 Å². The molecule has 9 heteroatoms. The maximum atomic E-state index is 13.3. The van der Waals surface area contributed by atoms with Crippen LogP contribution in [-0.2, 0) is 15.1 Å². The number of nitrogens with one attached hydrogen (secondary N) is 1. The highest BCUT2D eigenvalue weighted by Crippen LogP contribution is 2.57. The van der Waals surface area contributed by atoms with Gasteiger partial charge in [-0.1, -0.05) is 18.6 Å². The molecule has 9 nitrogen and oxygen atoms in total. The van der Waals surface area contributed by atoms with Gasteiger partial charge in [0.15, 0.2) is 5.60 Å². The third-order valence-corrected chi connectivity index (χ3v) is 6.40. The molecule has 2 aliphatic rings. The normalized spacial score (nSPS) is 14.3. The lowest BCUT2D eigenvalue weighted by Gasteiger charge is -2.36. The summed E-state index contributed by atoms with van der Waals surface area (Å²) in [5.41, 5.74) is 0.240. The Morgan fingerprint density at radius 1 is 0.861 bits per heavy atom. The van der Waals surface area contributed by atoms with Crippen LogP contribution < -0.4 is 10.1 Å². The first-order chi connectivity index (χ1) is 17.3. The molecule has 0 aliphatic carbocycles. The average molecular weight is 489 g/mol. The van der Waals surface area contributed by atoms with Crippen molar-refractivity contribution in [3.8, 4) is 23.0 Å². The van der Waals surface area contributed by atoms with Gasteiger partial charge in [0.05, 0.1) is 11.1 Å². The number of benzene rings is 3. The molecular weight excluding hydrogens is 466 g/mol. The second-order valence-corrected chi connectivity index (χ2v) is 8.72. The molecule has 0 atom stereocenters. The maximum absolute atomic E-state index is 13.3. The number of phenolic OH excluding ortho intramolecular Hbond substituents is 2. The van der Waals surface area contributed by atoms with E-state index < -0.39 is 23.4 Å². The Hall–Kier alpha value is -4.53. The molecule has 2 heterocycles. The van der Waals surface area contributed by atoms with Gasteiger partial charge in [-0.2, -0.15) is 0 Å². The molecule has 5 rings (SSSR count). The van der Waals surface area contributed by atoms with Gasteiger partial charge in [0, 0.05) is 41.8 Å². The van der Waals surface area contributed by atoms with Crippen molar-refractivity contribution in [2.75, 3.05) is 6.54 Å². The summed E-state index contributed by atoms with van der Waals surface area (Å²) in [4.78, 5) is 37.0. The van der Waals surface area contributed by atoms with E-state index in [2.05, 4.69) is 5.32 Å². The number of aromatic hydroxyl groups is 2. The van der Waals surface area contributed by atoms with Gasteiger partial charge in [0.2, 0.25) is 0 Å². The number of aliphatic carboxylic acids is 1. The summed E-state index contributed by atoms with van der Waals surface area (Å²) in [6.45, 7) is 0.334. The summed E-state index contributed by atoms with van der Waals surface area (Å²) < 4.78 is 12.0. The number of carboxylic acids is 1. The number of phenols is 2. The summed E-state index contributed by atoms with van der Waals surface area (Å²) in [7, 11) is 0. The second kappa shape index (κ2) is 8.92.